The van der Waals surface area contributed by atoms with Gasteiger partial charge in [-0.05, 0) is 45.0 Å². The van der Waals surface area contributed by atoms with E-state index in [-0.39, 0.29) is 0 Å². The molecule has 1 aliphatic rings. The van der Waals surface area contributed by atoms with Crippen molar-refractivity contribution in [3.05, 3.63) is 29.8 Å². The average molecular weight is 229 g/mol. The zero-order chi connectivity index (χ0) is 12.3. The number of hydrogen-bond donors (Lipinski definition) is 1. The molecule has 1 N–H and O–H groups in total. The summed E-state index contributed by atoms with van der Waals surface area (Å²) in [4.78, 5) is 2.22. The van der Waals surface area contributed by atoms with E-state index in [0.717, 1.165) is 31.6 Å². The molecule has 1 fully saturated rings. The number of benzene rings is 1. The molecule has 0 bridgehead atoms. The van der Waals surface area contributed by atoms with Gasteiger partial charge in [-0.15, -0.1) is 0 Å². The molecule has 1 heterocycles. The summed E-state index contributed by atoms with van der Waals surface area (Å²) in [5.41, 5.74) is 1.83. The van der Waals surface area contributed by atoms with E-state index < -0.39 is 5.54 Å². The van der Waals surface area contributed by atoms with Crippen molar-refractivity contribution in [2.45, 2.75) is 25.3 Å². The van der Waals surface area contributed by atoms with Crippen molar-refractivity contribution in [2.75, 3.05) is 25.5 Å². The molecule has 0 radical (unpaired) electrons. The maximum Gasteiger partial charge on any atom is 0.138 e. The topological polar surface area (TPSA) is 39.1 Å². The highest BCUT2D eigenvalue weighted by molar-refractivity contribution is 5.54. The number of piperidine rings is 1. The summed E-state index contributed by atoms with van der Waals surface area (Å²) in [7, 11) is 2.07. The van der Waals surface area contributed by atoms with Crippen LogP contribution < -0.4 is 5.32 Å². The fourth-order valence-electron chi connectivity index (χ4n) is 2.46. The highest BCUT2D eigenvalue weighted by atomic mass is 15.2. The van der Waals surface area contributed by atoms with E-state index in [1.165, 1.54) is 5.56 Å². The standard InChI is InChI=1S/C14H19N3/c1-12-6-3-4-7-13(12)16-14(10-15)8-5-9-17(2)11-14/h3-4,6-7,16H,5,8-9,11H2,1-2H3. The molecule has 17 heavy (non-hydrogen) atoms. The first kappa shape index (κ1) is 11.9. The van der Waals surface area contributed by atoms with Crippen molar-refractivity contribution in [3.8, 4) is 6.07 Å². The normalized spacial score (nSPS) is 25.2. The number of likely N-dealkylation sites (N-methyl/N-ethyl adjacent to an activating group) is 1. The van der Waals surface area contributed by atoms with Crippen LogP contribution in [0, 0.1) is 18.3 Å². The molecule has 2 rings (SSSR count). The SMILES string of the molecule is Cc1ccccc1NC1(C#N)CCCN(C)C1. The van der Waals surface area contributed by atoms with Crippen LogP contribution in [0.4, 0.5) is 5.69 Å². The molecule has 1 aliphatic heterocycles. The molecule has 3 heteroatoms. The van der Waals surface area contributed by atoms with E-state index in [2.05, 4.69) is 36.3 Å². The van der Waals surface area contributed by atoms with Gasteiger partial charge in [0.2, 0.25) is 0 Å². The summed E-state index contributed by atoms with van der Waals surface area (Å²) in [6, 6.07) is 10.6. The van der Waals surface area contributed by atoms with Crippen molar-refractivity contribution in [1.29, 1.82) is 5.26 Å². The summed E-state index contributed by atoms with van der Waals surface area (Å²) in [5, 5.41) is 12.9. The van der Waals surface area contributed by atoms with Crippen molar-refractivity contribution >= 4 is 5.69 Å². The van der Waals surface area contributed by atoms with Crippen molar-refractivity contribution in [2.24, 2.45) is 0 Å². The second kappa shape index (κ2) is 4.77. The molecule has 1 unspecified atom stereocenters. The Morgan fingerprint density at radius 1 is 1.41 bits per heavy atom. The van der Waals surface area contributed by atoms with Crippen LogP contribution in [0.25, 0.3) is 0 Å². The van der Waals surface area contributed by atoms with Crippen LogP contribution >= 0.6 is 0 Å². The maximum absolute atomic E-state index is 9.47. The molecule has 1 aromatic carbocycles. The number of nitrogens with zero attached hydrogens (tertiary/aromatic N) is 2. The highest BCUT2D eigenvalue weighted by Gasteiger charge is 2.34. The van der Waals surface area contributed by atoms with Crippen LogP contribution in [0.1, 0.15) is 18.4 Å². The Labute approximate surface area is 103 Å². The maximum atomic E-state index is 9.47. The van der Waals surface area contributed by atoms with Gasteiger partial charge < -0.3 is 10.2 Å². The van der Waals surface area contributed by atoms with Gasteiger partial charge in [-0.3, -0.25) is 0 Å². The van der Waals surface area contributed by atoms with Gasteiger partial charge in [0.25, 0.3) is 0 Å². The predicted octanol–water partition coefficient (Wildman–Crippen LogP) is 2.39. The zero-order valence-electron chi connectivity index (χ0n) is 10.5. The quantitative estimate of drug-likeness (QED) is 0.846. The summed E-state index contributed by atoms with van der Waals surface area (Å²) >= 11 is 0. The van der Waals surface area contributed by atoms with E-state index in [1.807, 2.05) is 18.2 Å². The summed E-state index contributed by atoms with van der Waals surface area (Å²) in [6.07, 6.45) is 1.99. The van der Waals surface area contributed by atoms with Crippen molar-refractivity contribution < 1.29 is 0 Å². The number of rotatable bonds is 2. The lowest BCUT2D eigenvalue weighted by atomic mass is 9.90. The molecule has 1 atom stereocenters. The molecular weight excluding hydrogens is 210 g/mol. The Balaban J connectivity index is 2.20. The van der Waals surface area contributed by atoms with Gasteiger partial charge in [-0.25, -0.2) is 0 Å². The Bertz CT molecular complexity index is 435. The zero-order valence-corrected chi connectivity index (χ0v) is 10.5. The molecule has 0 aromatic heterocycles. The number of nitrogens with one attached hydrogen (secondary N) is 1. The van der Waals surface area contributed by atoms with Gasteiger partial charge in [-0.1, -0.05) is 18.2 Å². The van der Waals surface area contributed by atoms with Crippen molar-refractivity contribution in [3.63, 3.8) is 0 Å². The average Bonchev–Trinajstić information content (AvgIpc) is 2.32. The lowest BCUT2D eigenvalue weighted by Gasteiger charge is -2.37. The van der Waals surface area contributed by atoms with Crippen LogP contribution in [-0.4, -0.2) is 30.6 Å². The molecule has 1 saturated heterocycles. The van der Waals surface area contributed by atoms with E-state index in [4.69, 9.17) is 0 Å². The molecule has 0 aliphatic carbocycles. The molecule has 3 nitrogen and oxygen atoms in total. The van der Waals surface area contributed by atoms with E-state index in [9.17, 15) is 5.26 Å². The van der Waals surface area contributed by atoms with Gasteiger partial charge in [0.15, 0.2) is 0 Å². The number of anilines is 1. The van der Waals surface area contributed by atoms with Crippen LogP contribution in [0.2, 0.25) is 0 Å². The molecular formula is C14H19N3. The molecule has 1 aromatic rings. The summed E-state index contributed by atoms with van der Waals surface area (Å²) in [5.74, 6) is 0. The third-order valence-electron chi connectivity index (χ3n) is 3.42. The second-order valence-corrected chi connectivity index (χ2v) is 4.98. The largest absolute Gasteiger partial charge is 0.366 e. The number of para-hydroxylation sites is 1. The Hall–Kier alpha value is -1.53. The Kier molecular flexibility index (Phi) is 3.35. The molecule has 0 amide bonds. The fraction of sp³-hybridized carbons (Fsp3) is 0.500. The second-order valence-electron chi connectivity index (χ2n) is 4.98. The number of likely N-dealkylation sites (tertiary alicyclic amines) is 1. The van der Waals surface area contributed by atoms with Crippen LogP contribution in [0.15, 0.2) is 24.3 Å². The smallest absolute Gasteiger partial charge is 0.138 e. The van der Waals surface area contributed by atoms with E-state index in [1.54, 1.807) is 0 Å². The monoisotopic (exact) mass is 229 g/mol. The number of hydrogen-bond acceptors (Lipinski definition) is 3. The lowest BCUT2D eigenvalue weighted by molar-refractivity contribution is 0.227. The highest BCUT2D eigenvalue weighted by Crippen LogP contribution is 2.26. The van der Waals surface area contributed by atoms with E-state index in [0.29, 0.717) is 0 Å². The first-order chi connectivity index (χ1) is 8.15. The van der Waals surface area contributed by atoms with Gasteiger partial charge in [0.1, 0.15) is 5.54 Å². The third kappa shape index (κ3) is 2.59. The molecule has 0 saturated carbocycles. The lowest BCUT2D eigenvalue weighted by Crippen LogP contribution is -2.50. The predicted molar refractivity (Wildman–Crippen MR) is 69.9 cm³/mol. The summed E-state index contributed by atoms with van der Waals surface area (Å²) < 4.78 is 0. The first-order valence-electron chi connectivity index (χ1n) is 6.09. The Morgan fingerprint density at radius 2 is 2.18 bits per heavy atom. The van der Waals surface area contributed by atoms with Gasteiger partial charge in [0.05, 0.1) is 6.07 Å². The Morgan fingerprint density at radius 3 is 2.82 bits per heavy atom. The minimum Gasteiger partial charge on any atom is -0.366 e. The first-order valence-corrected chi connectivity index (χ1v) is 6.09. The van der Waals surface area contributed by atoms with Crippen LogP contribution in [0.3, 0.4) is 0 Å². The van der Waals surface area contributed by atoms with E-state index >= 15 is 0 Å². The molecule has 90 valence electrons. The van der Waals surface area contributed by atoms with Crippen LogP contribution in [-0.2, 0) is 0 Å². The fourth-order valence-corrected chi connectivity index (χ4v) is 2.46. The van der Waals surface area contributed by atoms with Crippen LogP contribution in [0.5, 0.6) is 0 Å². The van der Waals surface area contributed by atoms with Gasteiger partial charge in [-0.2, -0.15) is 5.26 Å². The summed E-state index contributed by atoms with van der Waals surface area (Å²) in [6.45, 7) is 3.94. The number of nitriles is 1. The van der Waals surface area contributed by atoms with Gasteiger partial charge in [0, 0.05) is 12.2 Å². The number of aryl methyl sites for hydroxylation is 1. The van der Waals surface area contributed by atoms with Gasteiger partial charge >= 0.3 is 0 Å². The molecule has 0 spiro atoms. The van der Waals surface area contributed by atoms with Crippen molar-refractivity contribution in [1.82, 2.24) is 4.90 Å². The third-order valence-corrected chi connectivity index (χ3v) is 3.42. The minimum absolute atomic E-state index is 0.431. The minimum atomic E-state index is -0.431.